The monoisotopic (exact) mass is 357 g/mol. The predicted octanol–water partition coefficient (Wildman–Crippen LogP) is 2.12. The van der Waals surface area contributed by atoms with Gasteiger partial charge in [0.2, 0.25) is 0 Å². The van der Waals surface area contributed by atoms with Crippen molar-refractivity contribution in [2.24, 2.45) is 0 Å². The van der Waals surface area contributed by atoms with E-state index in [0.29, 0.717) is 35.9 Å². The Labute approximate surface area is 152 Å². The third kappa shape index (κ3) is 3.51. The summed E-state index contributed by atoms with van der Waals surface area (Å²) in [5.74, 6) is 1.10. The maximum atomic E-state index is 13.1. The number of hydrogen-bond donors (Lipinski definition) is 2. The summed E-state index contributed by atoms with van der Waals surface area (Å²) in [5.41, 5.74) is 1.81. The first-order valence-electron chi connectivity index (χ1n) is 8.49. The molecule has 138 valence electrons. The molecular weight excluding hydrogens is 334 g/mol. The fraction of sp³-hybridized carbons (Fsp3) is 0.368. The average molecular weight is 357 g/mol. The normalized spacial score (nSPS) is 19.7. The standard InChI is InChI=1S/C19H23N3O4/c1-12-16(18(23)22-7-5-4-6-8-22)17(21-19(24)20-12)13-9-14(25-2)11-15(10-13)26-3/h4-5,9-11,17H,6-8H2,1-3H3,(H2,20,21,24)/t17-/m1/s1. The highest BCUT2D eigenvalue weighted by molar-refractivity contribution is 5.98. The number of ether oxygens (including phenoxy) is 2. The Kier molecular flexibility index (Phi) is 5.16. The zero-order valence-corrected chi connectivity index (χ0v) is 15.2. The van der Waals surface area contributed by atoms with E-state index in [1.807, 2.05) is 6.08 Å². The lowest BCUT2D eigenvalue weighted by Gasteiger charge is -2.33. The Morgan fingerprint density at radius 1 is 1.15 bits per heavy atom. The molecule has 0 saturated carbocycles. The molecule has 0 aliphatic carbocycles. The first kappa shape index (κ1) is 17.8. The fourth-order valence-corrected chi connectivity index (χ4v) is 3.22. The zero-order valence-electron chi connectivity index (χ0n) is 15.2. The van der Waals surface area contributed by atoms with E-state index in [2.05, 4.69) is 16.7 Å². The number of amides is 3. The third-order valence-corrected chi connectivity index (χ3v) is 4.55. The van der Waals surface area contributed by atoms with Gasteiger partial charge in [0.15, 0.2) is 0 Å². The summed E-state index contributed by atoms with van der Waals surface area (Å²) >= 11 is 0. The number of methoxy groups -OCH3 is 2. The molecule has 0 radical (unpaired) electrons. The van der Waals surface area contributed by atoms with E-state index in [1.165, 1.54) is 0 Å². The van der Waals surface area contributed by atoms with Gasteiger partial charge in [-0.1, -0.05) is 12.2 Å². The summed E-state index contributed by atoms with van der Waals surface area (Å²) in [5, 5.41) is 5.56. The van der Waals surface area contributed by atoms with E-state index in [1.54, 1.807) is 44.2 Å². The predicted molar refractivity (Wildman–Crippen MR) is 97.0 cm³/mol. The van der Waals surface area contributed by atoms with E-state index in [-0.39, 0.29) is 11.9 Å². The van der Waals surface area contributed by atoms with Crippen molar-refractivity contribution in [1.29, 1.82) is 0 Å². The SMILES string of the molecule is COc1cc(OC)cc([C@H]2NC(=O)NC(C)=C2C(=O)N2CC=CCC2)c1. The Hall–Kier alpha value is -2.96. The van der Waals surface area contributed by atoms with E-state index in [4.69, 9.17) is 9.47 Å². The van der Waals surface area contributed by atoms with Gasteiger partial charge in [-0.3, -0.25) is 4.79 Å². The third-order valence-electron chi connectivity index (χ3n) is 4.55. The Balaban J connectivity index is 2.03. The van der Waals surface area contributed by atoms with Gasteiger partial charge in [-0.15, -0.1) is 0 Å². The molecule has 7 nitrogen and oxygen atoms in total. The van der Waals surface area contributed by atoms with Gasteiger partial charge < -0.3 is 25.0 Å². The van der Waals surface area contributed by atoms with Crippen molar-refractivity contribution in [2.75, 3.05) is 27.3 Å². The van der Waals surface area contributed by atoms with Gasteiger partial charge in [-0.05, 0) is 31.0 Å². The molecule has 0 spiro atoms. The Morgan fingerprint density at radius 2 is 1.85 bits per heavy atom. The molecule has 1 aromatic carbocycles. The summed E-state index contributed by atoms with van der Waals surface area (Å²) in [6.45, 7) is 2.97. The van der Waals surface area contributed by atoms with Crippen molar-refractivity contribution in [3.05, 3.63) is 47.2 Å². The van der Waals surface area contributed by atoms with Crippen LogP contribution < -0.4 is 20.1 Å². The lowest BCUT2D eigenvalue weighted by atomic mass is 9.93. The number of urea groups is 1. The summed E-state index contributed by atoms with van der Waals surface area (Å²) in [4.78, 5) is 27.0. The van der Waals surface area contributed by atoms with Crippen LogP contribution in [-0.4, -0.2) is 44.1 Å². The number of hydrogen-bond acceptors (Lipinski definition) is 4. The molecule has 2 N–H and O–H groups in total. The van der Waals surface area contributed by atoms with Gasteiger partial charge in [0, 0.05) is 24.9 Å². The minimum atomic E-state index is -0.578. The number of allylic oxidation sites excluding steroid dienone is 1. The van der Waals surface area contributed by atoms with Gasteiger partial charge in [-0.2, -0.15) is 0 Å². The lowest BCUT2D eigenvalue weighted by Crippen LogP contribution is -2.48. The molecular formula is C19H23N3O4. The first-order valence-corrected chi connectivity index (χ1v) is 8.49. The maximum absolute atomic E-state index is 13.1. The van der Waals surface area contributed by atoms with Crippen molar-refractivity contribution >= 4 is 11.9 Å². The van der Waals surface area contributed by atoms with Crippen LogP contribution in [0.1, 0.15) is 24.9 Å². The topological polar surface area (TPSA) is 79.9 Å². The van der Waals surface area contributed by atoms with Gasteiger partial charge in [0.05, 0.1) is 25.8 Å². The molecule has 1 aromatic rings. The average Bonchev–Trinajstić information content (AvgIpc) is 2.67. The summed E-state index contributed by atoms with van der Waals surface area (Å²) in [6.07, 6.45) is 4.88. The molecule has 1 atom stereocenters. The first-order chi connectivity index (χ1) is 12.5. The van der Waals surface area contributed by atoms with Gasteiger partial charge in [0.25, 0.3) is 5.91 Å². The van der Waals surface area contributed by atoms with E-state index in [0.717, 1.165) is 12.0 Å². The molecule has 0 fully saturated rings. The van der Waals surface area contributed by atoms with Gasteiger partial charge >= 0.3 is 6.03 Å². The maximum Gasteiger partial charge on any atom is 0.319 e. The van der Waals surface area contributed by atoms with Crippen LogP contribution in [0.3, 0.4) is 0 Å². The van der Waals surface area contributed by atoms with Crippen LogP contribution in [0.25, 0.3) is 0 Å². The molecule has 26 heavy (non-hydrogen) atoms. The van der Waals surface area contributed by atoms with Crippen molar-refractivity contribution in [2.45, 2.75) is 19.4 Å². The highest BCUT2D eigenvalue weighted by atomic mass is 16.5. The fourth-order valence-electron chi connectivity index (χ4n) is 3.22. The minimum Gasteiger partial charge on any atom is -0.497 e. The smallest absolute Gasteiger partial charge is 0.319 e. The molecule has 3 rings (SSSR count). The number of benzene rings is 1. The van der Waals surface area contributed by atoms with Crippen molar-refractivity contribution < 1.29 is 19.1 Å². The van der Waals surface area contributed by atoms with Crippen LogP contribution in [0.15, 0.2) is 41.6 Å². The highest BCUT2D eigenvalue weighted by Crippen LogP contribution is 2.33. The molecule has 0 saturated heterocycles. The number of rotatable bonds is 4. The number of carbonyl (C=O) groups excluding carboxylic acids is 2. The zero-order chi connectivity index (χ0) is 18.7. The largest absolute Gasteiger partial charge is 0.497 e. The minimum absolute atomic E-state index is 0.0915. The second kappa shape index (κ2) is 7.51. The van der Waals surface area contributed by atoms with E-state index in [9.17, 15) is 9.59 Å². The van der Waals surface area contributed by atoms with Crippen molar-refractivity contribution in [1.82, 2.24) is 15.5 Å². The van der Waals surface area contributed by atoms with Gasteiger partial charge in [-0.25, -0.2) is 4.79 Å². The molecule has 7 heteroatoms. The molecule has 0 aromatic heterocycles. The van der Waals surface area contributed by atoms with Crippen LogP contribution in [-0.2, 0) is 4.79 Å². The van der Waals surface area contributed by atoms with Crippen molar-refractivity contribution in [3.63, 3.8) is 0 Å². The summed E-state index contributed by atoms with van der Waals surface area (Å²) in [6, 6.07) is 4.43. The summed E-state index contributed by atoms with van der Waals surface area (Å²) < 4.78 is 10.7. The number of carbonyl (C=O) groups is 2. The van der Waals surface area contributed by atoms with E-state index >= 15 is 0 Å². The number of nitrogens with zero attached hydrogens (tertiary/aromatic N) is 1. The Morgan fingerprint density at radius 3 is 2.42 bits per heavy atom. The molecule has 0 unspecified atom stereocenters. The van der Waals surface area contributed by atoms with Crippen LogP contribution in [0, 0.1) is 0 Å². The lowest BCUT2D eigenvalue weighted by molar-refractivity contribution is -0.127. The van der Waals surface area contributed by atoms with Gasteiger partial charge in [0.1, 0.15) is 11.5 Å². The molecule has 2 aliphatic rings. The molecule has 0 bridgehead atoms. The highest BCUT2D eigenvalue weighted by Gasteiger charge is 2.34. The second-order valence-electron chi connectivity index (χ2n) is 6.23. The second-order valence-corrected chi connectivity index (χ2v) is 6.23. The van der Waals surface area contributed by atoms with Crippen LogP contribution in [0.4, 0.5) is 4.79 Å². The quantitative estimate of drug-likeness (QED) is 0.809. The number of nitrogens with one attached hydrogen (secondary N) is 2. The van der Waals surface area contributed by atoms with E-state index < -0.39 is 6.04 Å². The summed E-state index contributed by atoms with van der Waals surface area (Å²) in [7, 11) is 3.12. The molecule has 3 amide bonds. The van der Waals surface area contributed by atoms with Crippen LogP contribution >= 0.6 is 0 Å². The molecule has 2 heterocycles. The van der Waals surface area contributed by atoms with Crippen LogP contribution in [0.2, 0.25) is 0 Å². The van der Waals surface area contributed by atoms with Crippen molar-refractivity contribution in [3.8, 4) is 11.5 Å². The molecule has 2 aliphatic heterocycles. The Bertz CT molecular complexity index is 763. The van der Waals surface area contributed by atoms with Crippen LogP contribution in [0.5, 0.6) is 11.5 Å².